The van der Waals surface area contributed by atoms with Crippen LogP contribution in [0.25, 0.3) is 5.69 Å². The molecule has 0 bridgehead atoms. The molecule has 1 N–H and O–H groups in total. The van der Waals surface area contributed by atoms with Gasteiger partial charge in [-0.25, -0.2) is 4.68 Å². The highest BCUT2D eigenvalue weighted by atomic mass is 35.5. The second kappa shape index (κ2) is 7.28. The summed E-state index contributed by atoms with van der Waals surface area (Å²) < 4.78 is 7.33. The van der Waals surface area contributed by atoms with Crippen molar-refractivity contribution in [3.8, 4) is 11.6 Å². The summed E-state index contributed by atoms with van der Waals surface area (Å²) in [5, 5.41) is 5.05. The Morgan fingerprint density at radius 1 is 1.30 bits per heavy atom. The number of hydrogen-bond acceptors (Lipinski definition) is 4. The summed E-state index contributed by atoms with van der Waals surface area (Å²) in [4.78, 5) is 5.10. The zero-order valence-electron chi connectivity index (χ0n) is 11.5. The lowest BCUT2D eigenvalue weighted by Crippen LogP contribution is -2.31. The maximum absolute atomic E-state index is 5.86. The van der Waals surface area contributed by atoms with E-state index >= 15 is 0 Å². The Hall–Kier alpha value is -1.56. The van der Waals surface area contributed by atoms with Gasteiger partial charge in [0.05, 0.1) is 18.3 Å². The molecule has 6 heteroatoms. The summed E-state index contributed by atoms with van der Waals surface area (Å²) >= 11 is 5.86. The van der Waals surface area contributed by atoms with Crippen LogP contribution in [-0.4, -0.2) is 29.0 Å². The van der Waals surface area contributed by atoms with E-state index in [-0.39, 0.29) is 6.04 Å². The van der Waals surface area contributed by atoms with Gasteiger partial charge in [0, 0.05) is 17.3 Å². The standard InChI is InChI=1S/C14H18ClN3O2/c1-3-20-17-11(2)10-19-14-8-9-18(16-14)13-6-4-12(15)5-7-13/h4-9,11,17H,3,10H2,1-2H3. The molecule has 2 rings (SSSR count). The van der Waals surface area contributed by atoms with Gasteiger partial charge in [-0.3, -0.25) is 0 Å². The van der Waals surface area contributed by atoms with Crippen molar-refractivity contribution in [2.24, 2.45) is 0 Å². The van der Waals surface area contributed by atoms with E-state index < -0.39 is 0 Å². The van der Waals surface area contributed by atoms with Crippen LogP contribution in [0.2, 0.25) is 5.02 Å². The molecule has 0 spiro atoms. The minimum absolute atomic E-state index is 0.0932. The van der Waals surface area contributed by atoms with E-state index in [1.165, 1.54) is 0 Å². The summed E-state index contributed by atoms with van der Waals surface area (Å²) in [6, 6.07) is 9.37. The first-order valence-electron chi connectivity index (χ1n) is 6.50. The molecule has 1 atom stereocenters. The van der Waals surface area contributed by atoms with E-state index in [4.69, 9.17) is 21.2 Å². The number of rotatable bonds is 7. The molecule has 0 radical (unpaired) electrons. The molecule has 0 aliphatic carbocycles. The van der Waals surface area contributed by atoms with Gasteiger partial charge in [0.25, 0.3) is 0 Å². The monoisotopic (exact) mass is 295 g/mol. The summed E-state index contributed by atoms with van der Waals surface area (Å²) in [6.45, 7) is 5.01. The molecule has 0 aliphatic rings. The van der Waals surface area contributed by atoms with E-state index in [1.54, 1.807) is 4.68 Å². The van der Waals surface area contributed by atoms with Gasteiger partial charge in [0.2, 0.25) is 5.88 Å². The SMILES string of the molecule is CCONC(C)COc1ccn(-c2ccc(Cl)cc2)n1. The summed E-state index contributed by atoms with van der Waals surface area (Å²) in [6.07, 6.45) is 1.85. The van der Waals surface area contributed by atoms with Crippen molar-refractivity contribution in [1.82, 2.24) is 15.3 Å². The first kappa shape index (κ1) is 14.8. The van der Waals surface area contributed by atoms with Gasteiger partial charge in [0.1, 0.15) is 6.61 Å². The highest BCUT2D eigenvalue weighted by Crippen LogP contribution is 2.15. The van der Waals surface area contributed by atoms with Crippen LogP contribution in [-0.2, 0) is 4.84 Å². The van der Waals surface area contributed by atoms with E-state index in [0.717, 1.165) is 5.69 Å². The van der Waals surface area contributed by atoms with Crippen molar-refractivity contribution in [2.45, 2.75) is 19.9 Å². The Labute approximate surface area is 123 Å². The van der Waals surface area contributed by atoms with Crippen LogP contribution in [0.15, 0.2) is 36.5 Å². The Morgan fingerprint density at radius 3 is 2.75 bits per heavy atom. The maximum atomic E-state index is 5.86. The number of ether oxygens (including phenoxy) is 1. The second-order valence-electron chi connectivity index (χ2n) is 4.34. The van der Waals surface area contributed by atoms with Crippen LogP contribution in [0, 0.1) is 0 Å². The van der Waals surface area contributed by atoms with Crippen LogP contribution in [0.3, 0.4) is 0 Å². The van der Waals surface area contributed by atoms with Crippen LogP contribution >= 0.6 is 11.6 Å². The highest BCUT2D eigenvalue weighted by molar-refractivity contribution is 6.30. The molecule has 0 amide bonds. The van der Waals surface area contributed by atoms with E-state index in [2.05, 4.69) is 10.6 Å². The van der Waals surface area contributed by atoms with E-state index in [0.29, 0.717) is 24.1 Å². The number of hydrogen-bond donors (Lipinski definition) is 1. The minimum Gasteiger partial charge on any atom is -0.475 e. The van der Waals surface area contributed by atoms with Gasteiger partial charge < -0.3 is 9.57 Å². The largest absolute Gasteiger partial charge is 0.475 e. The number of benzene rings is 1. The van der Waals surface area contributed by atoms with Crippen LogP contribution < -0.4 is 10.2 Å². The molecule has 20 heavy (non-hydrogen) atoms. The number of nitrogens with one attached hydrogen (secondary N) is 1. The molecule has 108 valence electrons. The molecule has 2 aromatic rings. The Balaban J connectivity index is 1.90. The lowest BCUT2D eigenvalue weighted by molar-refractivity contribution is 0.0168. The van der Waals surface area contributed by atoms with Crippen molar-refractivity contribution in [1.29, 1.82) is 0 Å². The highest BCUT2D eigenvalue weighted by Gasteiger charge is 2.05. The number of hydroxylamine groups is 1. The van der Waals surface area contributed by atoms with Crippen molar-refractivity contribution < 1.29 is 9.57 Å². The molecule has 0 saturated heterocycles. The quantitative estimate of drug-likeness (QED) is 0.798. The molecule has 0 aliphatic heterocycles. The van der Waals surface area contributed by atoms with Gasteiger partial charge in [-0.15, -0.1) is 5.10 Å². The average Bonchev–Trinajstić information content (AvgIpc) is 2.92. The third-order valence-electron chi connectivity index (χ3n) is 2.57. The zero-order valence-corrected chi connectivity index (χ0v) is 12.3. The topological polar surface area (TPSA) is 48.3 Å². The lowest BCUT2D eigenvalue weighted by Gasteiger charge is -2.12. The van der Waals surface area contributed by atoms with Gasteiger partial charge in [-0.2, -0.15) is 5.48 Å². The van der Waals surface area contributed by atoms with Crippen LogP contribution in [0.5, 0.6) is 5.88 Å². The van der Waals surface area contributed by atoms with Crippen molar-refractivity contribution in [2.75, 3.05) is 13.2 Å². The zero-order chi connectivity index (χ0) is 14.4. The Morgan fingerprint density at radius 2 is 2.05 bits per heavy atom. The predicted octanol–water partition coefficient (Wildman–Crippen LogP) is 2.83. The van der Waals surface area contributed by atoms with Gasteiger partial charge in [-0.05, 0) is 38.1 Å². The van der Waals surface area contributed by atoms with Crippen LogP contribution in [0.1, 0.15) is 13.8 Å². The van der Waals surface area contributed by atoms with Gasteiger partial charge in [-0.1, -0.05) is 11.6 Å². The van der Waals surface area contributed by atoms with Crippen LogP contribution in [0.4, 0.5) is 0 Å². The molecule has 1 heterocycles. The molecular formula is C14H18ClN3O2. The average molecular weight is 296 g/mol. The van der Waals surface area contributed by atoms with Gasteiger partial charge in [0.15, 0.2) is 0 Å². The molecule has 0 fully saturated rings. The molecule has 1 aromatic carbocycles. The summed E-state index contributed by atoms with van der Waals surface area (Å²) in [5.41, 5.74) is 3.81. The third-order valence-corrected chi connectivity index (χ3v) is 2.82. The molecule has 1 aromatic heterocycles. The summed E-state index contributed by atoms with van der Waals surface area (Å²) in [7, 11) is 0. The normalized spacial score (nSPS) is 12.3. The van der Waals surface area contributed by atoms with Crippen molar-refractivity contribution in [3.05, 3.63) is 41.6 Å². The summed E-state index contributed by atoms with van der Waals surface area (Å²) in [5.74, 6) is 0.574. The number of aromatic nitrogens is 2. The fourth-order valence-electron chi connectivity index (χ4n) is 1.59. The number of nitrogens with zero attached hydrogens (tertiary/aromatic N) is 2. The fraction of sp³-hybridized carbons (Fsp3) is 0.357. The van der Waals surface area contributed by atoms with Crippen molar-refractivity contribution >= 4 is 11.6 Å². The Bertz CT molecular complexity index is 527. The molecular weight excluding hydrogens is 278 g/mol. The first-order valence-corrected chi connectivity index (χ1v) is 6.88. The third kappa shape index (κ3) is 4.23. The molecule has 0 saturated carbocycles. The van der Waals surface area contributed by atoms with Crippen molar-refractivity contribution in [3.63, 3.8) is 0 Å². The lowest BCUT2D eigenvalue weighted by atomic mass is 10.3. The van der Waals surface area contributed by atoms with E-state index in [1.807, 2.05) is 50.4 Å². The predicted molar refractivity (Wildman–Crippen MR) is 78.3 cm³/mol. The number of halogens is 1. The molecule has 1 unspecified atom stereocenters. The maximum Gasteiger partial charge on any atom is 0.233 e. The second-order valence-corrected chi connectivity index (χ2v) is 4.77. The first-order chi connectivity index (χ1) is 9.69. The smallest absolute Gasteiger partial charge is 0.233 e. The molecule has 5 nitrogen and oxygen atoms in total. The fourth-order valence-corrected chi connectivity index (χ4v) is 1.72. The van der Waals surface area contributed by atoms with Gasteiger partial charge >= 0.3 is 0 Å². The Kier molecular flexibility index (Phi) is 5.40. The van der Waals surface area contributed by atoms with E-state index in [9.17, 15) is 0 Å². The minimum atomic E-state index is 0.0932.